The number of hydrogen-bond donors (Lipinski definition) is 0. The maximum atomic E-state index is 6.29. The van der Waals surface area contributed by atoms with E-state index in [2.05, 4.69) is 23.7 Å². The van der Waals surface area contributed by atoms with Gasteiger partial charge >= 0.3 is 0 Å². The van der Waals surface area contributed by atoms with Crippen LogP contribution in [0, 0.1) is 0 Å². The van der Waals surface area contributed by atoms with Gasteiger partial charge in [0.2, 0.25) is 0 Å². The maximum absolute atomic E-state index is 6.29. The molecule has 1 heterocycles. The fraction of sp³-hybridized carbons (Fsp3) is 0.273. The fourth-order valence-corrected chi connectivity index (χ4v) is 4.43. The number of allylic oxidation sites excluding steroid dienone is 1. The van der Waals surface area contributed by atoms with Gasteiger partial charge in [0, 0.05) is 27.9 Å². The summed E-state index contributed by atoms with van der Waals surface area (Å²) >= 11 is 14.1. The molecule has 29 heavy (non-hydrogen) atoms. The summed E-state index contributed by atoms with van der Waals surface area (Å²) in [6.07, 6.45) is 4.00. The Morgan fingerprint density at radius 3 is 2.48 bits per heavy atom. The Hall–Kier alpha value is -1.95. The number of nitrogens with zero attached hydrogens (tertiary/aromatic N) is 3. The molecule has 0 unspecified atom stereocenters. The van der Waals surface area contributed by atoms with Crippen LogP contribution in [0.3, 0.4) is 0 Å². The van der Waals surface area contributed by atoms with Gasteiger partial charge in [0.25, 0.3) is 0 Å². The van der Waals surface area contributed by atoms with Crippen molar-refractivity contribution < 1.29 is 4.74 Å². The summed E-state index contributed by atoms with van der Waals surface area (Å²) in [5.74, 6) is 2.26. The Balaban J connectivity index is 1.78. The highest BCUT2D eigenvalue weighted by Gasteiger charge is 2.15. The highest BCUT2D eigenvalue weighted by molar-refractivity contribution is 7.98. The molecule has 0 saturated carbocycles. The number of halogens is 2. The van der Waals surface area contributed by atoms with Gasteiger partial charge in [0.05, 0.1) is 6.61 Å². The molecule has 3 aromatic rings. The molecule has 3 rings (SSSR count). The van der Waals surface area contributed by atoms with Crippen LogP contribution in [0.5, 0.6) is 5.75 Å². The summed E-state index contributed by atoms with van der Waals surface area (Å²) in [6, 6.07) is 13.5. The molecule has 0 aliphatic rings. The molecular weight excluding hydrogens is 425 g/mol. The van der Waals surface area contributed by atoms with Crippen LogP contribution in [0.2, 0.25) is 10.0 Å². The van der Waals surface area contributed by atoms with Crippen LogP contribution in [-0.4, -0.2) is 21.4 Å². The summed E-state index contributed by atoms with van der Waals surface area (Å²) in [5, 5.41) is 10.9. The first-order valence-corrected chi connectivity index (χ1v) is 11.2. The van der Waals surface area contributed by atoms with Gasteiger partial charge in [0.15, 0.2) is 11.0 Å². The standard InChI is InChI=1S/C22H23Cl2N3OS/c1-3-5-14-28-17-11-9-16(10-12-17)21-25-26-22(27(21)13-4-2)29-15-18-19(23)7-6-8-20(18)24/h4,6-12H,2-3,5,13-15H2,1H3. The van der Waals surface area contributed by atoms with Gasteiger partial charge in [-0.05, 0) is 48.4 Å². The normalized spacial score (nSPS) is 10.9. The van der Waals surface area contributed by atoms with Gasteiger partial charge in [-0.1, -0.05) is 60.5 Å². The van der Waals surface area contributed by atoms with E-state index in [0.717, 1.165) is 47.3 Å². The molecule has 0 spiro atoms. The quantitative estimate of drug-likeness (QED) is 0.192. The highest BCUT2D eigenvalue weighted by atomic mass is 35.5. The van der Waals surface area contributed by atoms with E-state index < -0.39 is 0 Å². The molecule has 7 heteroatoms. The lowest BCUT2D eigenvalue weighted by molar-refractivity contribution is 0.309. The van der Waals surface area contributed by atoms with E-state index in [4.69, 9.17) is 27.9 Å². The van der Waals surface area contributed by atoms with Gasteiger partial charge in [-0.3, -0.25) is 4.57 Å². The van der Waals surface area contributed by atoms with Crippen molar-refractivity contribution in [1.29, 1.82) is 0 Å². The third-order valence-electron chi connectivity index (χ3n) is 4.31. The predicted octanol–water partition coefficient (Wildman–Crippen LogP) is 6.91. The van der Waals surface area contributed by atoms with Gasteiger partial charge in [-0.25, -0.2) is 0 Å². The zero-order chi connectivity index (χ0) is 20.6. The van der Waals surface area contributed by atoms with Crippen LogP contribution in [-0.2, 0) is 12.3 Å². The molecule has 0 radical (unpaired) electrons. The molecule has 0 atom stereocenters. The fourth-order valence-electron chi connectivity index (χ4n) is 2.74. The van der Waals surface area contributed by atoms with Crippen LogP contribution < -0.4 is 4.74 Å². The van der Waals surface area contributed by atoms with E-state index in [1.807, 2.05) is 53.1 Å². The Labute approximate surface area is 185 Å². The van der Waals surface area contributed by atoms with Crippen LogP contribution in [0.4, 0.5) is 0 Å². The SMILES string of the molecule is C=CCn1c(SCc2c(Cl)cccc2Cl)nnc1-c1ccc(OCCCC)cc1. The molecule has 0 fully saturated rings. The van der Waals surface area contributed by atoms with Crippen molar-refractivity contribution in [3.63, 3.8) is 0 Å². The zero-order valence-corrected chi connectivity index (χ0v) is 18.6. The smallest absolute Gasteiger partial charge is 0.192 e. The minimum absolute atomic E-state index is 0.607. The first-order valence-electron chi connectivity index (χ1n) is 9.47. The van der Waals surface area contributed by atoms with Crippen molar-refractivity contribution in [3.05, 3.63) is 70.7 Å². The molecule has 1 aromatic heterocycles. The Kier molecular flexibility index (Phi) is 8.04. The lowest BCUT2D eigenvalue weighted by atomic mass is 10.2. The lowest BCUT2D eigenvalue weighted by Crippen LogP contribution is -2.01. The first kappa shape index (κ1) is 21.8. The van der Waals surface area contributed by atoms with Crippen molar-refractivity contribution in [2.24, 2.45) is 0 Å². The number of aromatic nitrogens is 3. The molecule has 0 aliphatic heterocycles. The average molecular weight is 448 g/mol. The number of ether oxygens (including phenoxy) is 1. The van der Waals surface area contributed by atoms with E-state index in [-0.39, 0.29) is 0 Å². The highest BCUT2D eigenvalue weighted by Crippen LogP contribution is 2.32. The van der Waals surface area contributed by atoms with Crippen LogP contribution in [0.1, 0.15) is 25.3 Å². The van der Waals surface area contributed by atoms with Gasteiger partial charge in [-0.2, -0.15) is 0 Å². The number of benzene rings is 2. The van der Waals surface area contributed by atoms with Crippen molar-refractivity contribution in [1.82, 2.24) is 14.8 Å². The zero-order valence-electron chi connectivity index (χ0n) is 16.3. The van der Waals surface area contributed by atoms with E-state index in [1.54, 1.807) is 11.8 Å². The topological polar surface area (TPSA) is 39.9 Å². The van der Waals surface area contributed by atoms with Crippen molar-refractivity contribution >= 4 is 35.0 Å². The maximum Gasteiger partial charge on any atom is 0.192 e. The molecule has 4 nitrogen and oxygen atoms in total. The summed E-state index contributed by atoms with van der Waals surface area (Å²) in [6.45, 7) is 7.35. The van der Waals surface area contributed by atoms with E-state index in [1.165, 1.54) is 0 Å². The molecule has 0 bridgehead atoms. The third-order valence-corrected chi connectivity index (χ3v) is 6.02. The van der Waals surface area contributed by atoms with E-state index in [0.29, 0.717) is 22.3 Å². The van der Waals surface area contributed by atoms with Crippen molar-refractivity contribution in [2.75, 3.05) is 6.61 Å². The third kappa shape index (κ3) is 5.56. The molecule has 0 aliphatic carbocycles. The number of rotatable bonds is 10. The Morgan fingerprint density at radius 2 is 1.83 bits per heavy atom. The van der Waals surface area contributed by atoms with Crippen LogP contribution >= 0.6 is 35.0 Å². The molecule has 0 saturated heterocycles. The summed E-state index contributed by atoms with van der Waals surface area (Å²) < 4.78 is 7.78. The van der Waals surface area contributed by atoms with Gasteiger partial charge in [-0.15, -0.1) is 16.8 Å². The molecule has 152 valence electrons. The van der Waals surface area contributed by atoms with Crippen LogP contribution in [0.15, 0.2) is 60.3 Å². The van der Waals surface area contributed by atoms with Crippen LogP contribution in [0.25, 0.3) is 11.4 Å². The second-order valence-electron chi connectivity index (χ2n) is 6.42. The molecule has 0 N–H and O–H groups in total. The monoisotopic (exact) mass is 447 g/mol. The van der Waals surface area contributed by atoms with Crippen molar-refractivity contribution in [2.45, 2.75) is 37.2 Å². The minimum atomic E-state index is 0.607. The molecule has 0 amide bonds. The van der Waals surface area contributed by atoms with Crippen molar-refractivity contribution in [3.8, 4) is 17.1 Å². The second-order valence-corrected chi connectivity index (χ2v) is 8.18. The predicted molar refractivity (Wildman–Crippen MR) is 122 cm³/mol. The average Bonchev–Trinajstić information content (AvgIpc) is 3.11. The first-order chi connectivity index (χ1) is 14.1. The largest absolute Gasteiger partial charge is 0.494 e. The van der Waals surface area contributed by atoms with Gasteiger partial charge in [0.1, 0.15) is 5.75 Å². The summed E-state index contributed by atoms with van der Waals surface area (Å²) in [7, 11) is 0. The van der Waals surface area contributed by atoms with E-state index >= 15 is 0 Å². The number of thioether (sulfide) groups is 1. The minimum Gasteiger partial charge on any atom is -0.494 e. The molecular formula is C22H23Cl2N3OS. The number of hydrogen-bond acceptors (Lipinski definition) is 4. The van der Waals surface area contributed by atoms with Gasteiger partial charge < -0.3 is 4.74 Å². The lowest BCUT2D eigenvalue weighted by Gasteiger charge is -2.10. The van der Waals surface area contributed by atoms with E-state index in [9.17, 15) is 0 Å². The summed E-state index contributed by atoms with van der Waals surface area (Å²) in [4.78, 5) is 0. The number of unbranched alkanes of at least 4 members (excludes halogenated alkanes) is 1. The summed E-state index contributed by atoms with van der Waals surface area (Å²) in [5.41, 5.74) is 1.87. The Bertz CT molecular complexity index is 937. The molecule has 2 aromatic carbocycles. The Morgan fingerprint density at radius 1 is 1.10 bits per heavy atom. The second kappa shape index (κ2) is 10.7.